The molecule has 2 aliphatic heterocycles. The van der Waals surface area contributed by atoms with Crippen molar-refractivity contribution >= 4 is 27.0 Å². The molecule has 1 aromatic heterocycles. The number of benzene rings is 2. The van der Waals surface area contributed by atoms with Gasteiger partial charge < -0.3 is 4.90 Å². The Kier molecular flexibility index (Phi) is 6.13. The number of rotatable bonds is 5. The third-order valence-electron chi connectivity index (χ3n) is 6.53. The highest BCUT2D eigenvalue weighted by Crippen LogP contribution is 2.28. The van der Waals surface area contributed by atoms with Crippen molar-refractivity contribution in [1.82, 2.24) is 24.4 Å². The highest BCUT2D eigenvalue weighted by atomic mass is 32.2. The number of piperazine rings is 1. The summed E-state index contributed by atoms with van der Waals surface area (Å²) in [6.45, 7) is 4.41. The van der Waals surface area contributed by atoms with Crippen LogP contribution in [0, 0.1) is 5.92 Å². The van der Waals surface area contributed by atoms with Crippen LogP contribution in [-0.4, -0.2) is 78.0 Å². The quantitative estimate of drug-likeness (QED) is 0.563. The van der Waals surface area contributed by atoms with Gasteiger partial charge in [-0.3, -0.25) is 9.69 Å². The minimum Gasteiger partial charge on any atom is -0.340 e. The van der Waals surface area contributed by atoms with Gasteiger partial charge in [0, 0.05) is 45.8 Å². The van der Waals surface area contributed by atoms with Crippen LogP contribution >= 0.6 is 0 Å². The number of carbonyl (C=O) groups is 1. The van der Waals surface area contributed by atoms with E-state index in [0.29, 0.717) is 38.0 Å². The fraction of sp³-hybridized carbons (Fsp3) is 0.435. The van der Waals surface area contributed by atoms with E-state index in [4.69, 9.17) is 4.63 Å². The first-order valence-electron chi connectivity index (χ1n) is 11.3. The van der Waals surface area contributed by atoms with Crippen molar-refractivity contribution in [3.8, 4) is 0 Å². The normalized spacial score (nSPS) is 20.8. The van der Waals surface area contributed by atoms with Crippen molar-refractivity contribution in [2.45, 2.75) is 24.3 Å². The zero-order chi connectivity index (χ0) is 22.8. The van der Waals surface area contributed by atoms with Crippen molar-refractivity contribution in [2.75, 3.05) is 39.3 Å². The second-order valence-corrected chi connectivity index (χ2v) is 10.6. The molecule has 1 amide bonds. The molecular weight excluding hydrogens is 442 g/mol. The molecule has 10 heteroatoms. The average molecular weight is 470 g/mol. The van der Waals surface area contributed by atoms with Crippen molar-refractivity contribution in [2.24, 2.45) is 5.92 Å². The molecule has 2 aromatic carbocycles. The monoisotopic (exact) mass is 469 g/mol. The summed E-state index contributed by atoms with van der Waals surface area (Å²) in [5, 5.41) is 7.51. The van der Waals surface area contributed by atoms with Crippen LogP contribution in [0.4, 0.5) is 0 Å². The maximum atomic E-state index is 13.3. The molecule has 2 fully saturated rings. The van der Waals surface area contributed by atoms with E-state index in [2.05, 4.69) is 27.3 Å². The van der Waals surface area contributed by atoms with Gasteiger partial charge in [0.15, 0.2) is 5.52 Å². The number of hydrogen-bond donors (Lipinski definition) is 0. The van der Waals surface area contributed by atoms with Crippen LogP contribution in [0.3, 0.4) is 0 Å². The number of fused-ring (bicyclic) bond motifs is 1. The van der Waals surface area contributed by atoms with Crippen LogP contribution in [0.1, 0.15) is 18.4 Å². The Balaban J connectivity index is 1.23. The third kappa shape index (κ3) is 4.50. The molecule has 0 saturated carbocycles. The lowest BCUT2D eigenvalue weighted by Gasteiger charge is -2.38. The average Bonchev–Trinajstić information content (AvgIpc) is 3.34. The molecule has 3 aromatic rings. The van der Waals surface area contributed by atoms with Crippen LogP contribution in [0.15, 0.2) is 58.1 Å². The van der Waals surface area contributed by atoms with E-state index >= 15 is 0 Å². The Hall–Kier alpha value is -2.82. The van der Waals surface area contributed by atoms with Gasteiger partial charge in [0.25, 0.3) is 0 Å². The molecule has 9 nitrogen and oxygen atoms in total. The summed E-state index contributed by atoms with van der Waals surface area (Å²) in [4.78, 5) is 17.6. The van der Waals surface area contributed by atoms with E-state index in [0.717, 1.165) is 19.6 Å². The lowest BCUT2D eigenvalue weighted by atomic mass is 9.97. The van der Waals surface area contributed by atoms with Gasteiger partial charge in [0.05, 0.1) is 5.92 Å². The molecular formula is C23H27N5O4S. The molecule has 2 aliphatic rings. The van der Waals surface area contributed by atoms with E-state index < -0.39 is 10.0 Å². The number of hydrogen-bond acceptors (Lipinski definition) is 7. The summed E-state index contributed by atoms with van der Waals surface area (Å²) in [5.74, 6) is -0.278. The predicted molar refractivity (Wildman–Crippen MR) is 122 cm³/mol. The molecule has 2 saturated heterocycles. The van der Waals surface area contributed by atoms with Crippen LogP contribution < -0.4 is 0 Å². The van der Waals surface area contributed by atoms with Gasteiger partial charge in [-0.15, -0.1) is 0 Å². The molecule has 5 rings (SSSR count). The second-order valence-electron chi connectivity index (χ2n) is 8.68. The highest BCUT2D eigenvalue weighted by Gasteiger charge is 2.37. The summed E-state index contributed by atoms with van der Waals surface area (Å²) < 4.78 is 32.8. The Morgan fingerprint density at radius 2 is 1.76 bits per heavy atom. The van der Waals surface area contributed by atoms with Crippen LogP contribution in [0.5, 0.6) is 0 Å². The minimum atomic E-state index is -3.81. The van der Waals surface area contributed by atoms with Gasteiger partial charge in [-0.25, -0.2) is 13.0 Å². The standard InChI is InChI=1S/C23H27N5O4S/c29-23(27-14-12-26(13-15-27)16-18-6-2-1-3-7-18)19-8-5-11-28(17-19)33(30,31)21-10-4-9-20-22(21)25-32-24-20/h1-4,6-7,9-10,19H,5,8,11-17H2/t19-/m0/s1. The van der Waals surface area contributed by atoms with Gasteiger partial charge in [0.2, 0.25) is 15.9 Å². The Labute approximate surface area is 193 Å². The first-order valence-corrected chi connectivity index (χ1v) is 12.7. The lowest BCUT2D eigenvalue weighted by Crippen LogP contribution is -2.52. The zero-order valence-corrected chi connectivity index (χ0v) is 19.2. The second kappa shape index (κ2) is 9.20. The van der Waals surface area contributed by atoms with Crippen molar-refractivity contribution in [3.05, 3.63) is 54.1 Å². The van der Waals surface area contributed by atoms with Gasteiger partial charge in [-0.2, -0.15) is 4.31 Å². The predicted octanol–water partition coefficient (Wildman–Crippen LogP) is 1.97. The SMILES string of the molecule is O=C([C@H]1CCCN(S(=O)(=O)c2cccc3nonc23)C1)N1CCN(Cc2ccccc2)CC1. The van der Waals surface area contributed by atoms with E-state index in [9.17, 15) is 13.2 Å². The Bertz CT molecular complexity index is 1220. The van der Waals surface area contributed by atoms with Gasteiger partial charge in [0.1, 0.15) is 10.4 Å². The fourth-order valence-corrected chi connectivity index (χ4v) is 6.38. The number of carbonyl (C=O) groups excluding carboxylic acids is 1. The van der Waals surface area contributed by atoms with E-state index in [1.54, 1.807) is 12.1 Å². The van der Waals surface area contributed by atoms with Crippen molar-refractivity contribution < 1.29 is 17.8 Å². The largest absolute Gasteiger partial charge is 0.340 e. The maximum Gasteiger partial charge on any atom is 0.245 e. The molecule has 0 spiro atoms. The number of aromatic nitrogens is 2. The van der Waals surface area contributed by atoms with Crippen molar-refractivity contribution in [1.29, 1.82) is 0 Å². The molecule has 0 N–H and O–H groups in total. The molecule has 174 valence electrons. The molecule has 0 radical (unpaired) electrons. The van der Waals surface area contributed by atoms with Gasteiger partial charge in [-0.05, 0) is 40.9 Å². The van der Waals surface area contributed by atoms with Crippen LogP contribution in [0.25, 0.3) is 11.0 Å². The Morgan fingerprint density at radius 3 is 2.55 bits per heavy atom. The molecule has 0 aliphatic carbocycles. The summed E-state index contributed by atoms with van der Waals surface area (Å²) in [6, 6.07) is 15.1. The molecule has 3 heterocycles. The first kappa shape index (κ1) is 22.0. The highest BCUT2D eigenvalue weighted by molar-refractivity contribution is 7.89. The molecule has 1 atom stereocenters. The molecule has 0 unspecified atom stereocenters. The number of piperidine rings is 1. The first-order chi connectivity index (χ1) is 16.0. The topological polar surface area (TPSA) is 99.8 Å². The fourth-order valence-electron chi connectivity index (χ4n) is 4.72. The third-order valence-corrected chi connectivity index (χ3v) is 8.43. The maximum absolute atomic E-state index is 13.3. The molecule has 0 bridgehead atoms. The number of amides is 1. The van der Waals surface area contributed by atoms with Gasteiger partial charge >= 0.3 is 0 Å². The van der Waals surface area contributed by atoms with Crippen molar-refractivity contribution in [3.63, 3.8) is 0 Å². The van der Waals surface area contributed by atoms with Crippen LogP contribution in [-0.2, 0) is 21.4 Å². The summed E-state index contributed by atoms with van der Waals surface area (Å²) in [5.41, 5.74) is 1.89. The Morgan fingerprint density at radius 1 is 0.970 bits per heavy atom. The summed E-state index contributed by atoms with van der Waals surface area (Å²) in [6.07, 6.45) is 1.35. The lowest BCUT2D eigenvalue weighted by molar-refractivity contribution is -0.138. The van der Waals surface area contributed by atoms with E-state index in [1.807, 2.05) is 23.1 Å². The zero-order valence-electron chi connectivity index (χ0n) is 18.3. The minimum absolute atomic E-state index is 0.0515. The van der Waals surface area contributed by atoms with E-state index in [1.165, 1.54) is 15.9 Å². The summed E-state index contributed by atoms with van der Waals surface area (Å²) >= 11 is 0. The molecule has 33 heavy (non-hydrogen) atoms. The van der Waals surface area contributed by atoms with Gasteiger partial charge in [-0.1, -0.05) is 36.4 Å². The summed E-state index contributed by atoms with van der Waals surface area (Å²) in [7, 11) is -3.81. The smallest absolute Gasteiger partial charge is 0.245 e. The number of sulfonamides is 1. The number of nitrogens with zero attached hydrogens (tertiary/aromatic N) is 5. The van der Waals surface area contributed by atoms with Crippen LogP contribution in [0.2, 0.25) is 0 Å². The van der Waals surface area contributed by atoms with E-state index in [-0.39, 0.29) is 28.8 Å².